The van der Waals surface area contributed by atoms with Crippen LogP contribution in [-0.4, -0.2) is 16.8 Å². The molecule has 0 heterocycles. The van der Waals surface area contributed by atoms with E-state index in [0.29, 0.717) is 5.56 Å². The lowest BCUT2D eigenvalue weighted by molar-refractivity contribution is 0.0697. The summed E-state index contributed by atoms with van der Waals surface area (Å²) >= 11 is 2.02. The van der Waals surface area contributed by atoms with E-state index in [2.05, 4.69) is 58.9 Å². The summed E-state index contributed by atoms with van der Waals surface area (Å²) < 4.78 is 0. The maximum absolute atomic E-state index is 11.1. The van der Waals surface area contributed by atoms with Gasteiger partial charge in [-0.2, -0.15) is 11.8 Å². The number of carboxylic acid groups (broad SMARTS) is 1. The SMILES string of the molecule is CCCCSCc1cc2c(cc1C=Cc1ccc(C(=O)O)cc1)C(C)(C)CCC2(C)C. The summed E-state index contributed by atoms with van der Waals surface area (Å²) in [6.07, 6.45) is 9.24. The van der Waals surface area contributed by atoms with Gasteiger partial charge < -0.3 is 5.11 Å². The Morgan fingerprint density at radius 2 is 1.61 bits per heavy atom. The van der Waals surface area contributed by atoms with Crippen molar-refractivity contribution in [1.82, 2.24) is 0 Å². The lowest BCUT2D eigenvalue weighted by Crippen LogP contribution is -2.34. The second-order valence-electron chi connectivity index (χ2n) is 10.0. The normalized spacial score (nSPS) is 16.9. The van der Waals surface area contributed by atoms with Gasteiger partial charge in [0.1, 0.15) is 0 Å². The minimum atomic E-state index is -0.888. The van der Waals surface area contributed by atoms with Gasteiger partial charge in [0, 0.05) is 5.75 Å². The molecule has 0 spiro atoms. The first-order valence-electron chi connectivity index (χ1n) is 11.4. The average Bonchev–Trinajstić information content (AvgIpc) is 2.73. The monoisotopic (exact) mass is 436 g/mol. The van der Waals surface area contributed by atoms with E-state index in [9.17, 15) is 4.79 Å². The molecule has 0 atom stereocenters. The third kappa shape index (κ3) is 5.63. The number of aromatic carboxylic acids is 1. The molecule has 0 radical (unpaired) electrons. The quantitative estimate of drug-likeness (QED) is 0.337. The van der Waals surface area contributed by atoms with Crippen LogP contribution in [-0.2, 0) is 16.6 Å². The van der Waals surface area contributed by atoms with Crippen LogP contribution in [0.5, 0.6) is 0 Å². The number of thioether (sulfide) groups is 1. The van der Waals surface area contributed by atoms with Gasteiger partial charge in [-0.15, -0.1) is 0 Å². The van der Waals surface area contributed by atoms with E-state index >= 15 is 0 Å². The largest absolute Gasteiger partial charge is 0.478 e. The van der Waals surface area contributed by atoms with Gasteiger partial charge in [0.15, 0.2) is 0 Å². The minimum Gasteiger partial charge on any atom is -0.478 e. The Morgan fingerprint density at radius 1 is 1.00 bits per heavy atom. The maximum Gasteiger partial charge on any atom is 0.335 e. The highest BCUT2D eigenvalue weighted by Crippen LogP contribution is 2.47. The molecular formula is C28H36O2S. The van der Waals surface area contributed by atoms with Gasteiger partial charge in [-0.3, -0.25) is 0 Å². The van der Waals surface area contributed by atoms with Crippen LogP contribution >= 0.6 is 11.8 Å². The number of carboxylic acids is 1. The lowest BCUT2D eigenvalue weighted by atomic mass is 9.62. The van der Waals surface area contributed by atoms with Crippen molar-refractivity contribution in [2.45, 2.75) is 76.9 Å². The predicted molar refractivity (Wildman–Crippen MR) is 135 cm³/mol. The molecule has 0 saturated heterocycles. The number of carbonyl (C=O) groups is 1. The molecule has 3 rings (SSSR count). The van der Waals surface area contributed by atoms with Gasteiger partial charge in [-0.1, -0.05) is 77.5 Å². The summed E-state index contributed by atoms with van der Waals surface area (Å²) in [5.74, 6) is 1.34. The van der Waals surface area contributed by atoms with E-state index in [1.807, 2.05) is 23.9 Å². The molecule has 1 N–H and O–H groups in total. The van der Waals surface area contributed by atoms with Crippen molar-refractivity contribution in [1.29, 1.82) is 0 Å². The second kappa shape index (κ2) is 9.65. The van der Waals surface area contributed by atoms with Crippen LogP contribution in [0.1, 0.15) is 98.5 Å². The van der Waals surface area contributed by atoms with Crippen molar-refractivity contribution in [3.8, 4) is 0 Å². The zero-order valence-electron chi connectivity index (χ0n) is 19.6. The molecule has 1 aliphatic rings. The van der Waals surface area contributed by atoms with Gasteiger partial charge in [-0.05, 0) is 75.8 Å². The fraction of sp³-hybridized carbons (Fsp3) is 0.464. The van der Waals surface area contributed by atoms with E-state index < -0.39 is 5.97 Å². The molecule has 3 heteroatoms. The standard InChI is InChI=1S/C28H36O2S/c1-6-7-16-31-19-23-18-25-24(27(2,3)14-15-28(25,4)5)17-22(23)13-10-20-8-11-21(12-9-20)26(29)30/h8-13,17-18H,6-7,14-16,19H2,1-5H3,(H,29,30). The first kappa shape index (κ1) is 23.7. The van der Waals surface area contributed by atoms with Crippen LogP contribution < -0.4 is 0 Å². The van der Waals surface area contributed by atoms with Crippen molar-refractivity contribution < 1.29 is 9.90 Å². The van der Waals surface area contributed by atoms with Gasteiger partial charge in [-0.25, -0.2) is 4.79 Å². The molecule has 0 amide bonds. The molecule has 2 aromatic rings. The molecule has 0 aromatic heterocycles. The smallest absolute Gasteiger partial charge is 0.335 e. The van der Waals surface area contributed by atoms with Crippen LogP contribution in [0.15, 0.2) is 36.4 Å². The van der Waals surface area contributed by atoms with E-state index in [1.165, 1.54) is 53.7 Å². The highest BCUT2D eigenvalue weighted by atomic mass is 32.2. The Kier molecular flexibility index (Phi) is 7.36. The first-order chi connectivity index (χ1) is 14.6. The zero-order chi connectivity index (χ0) is 22.6. The maximum atomic E-state index is 11.1. The minimum absolute atomic E-state index is 0.185. The molecule has 0 unspecified atom stereocenters. The van der Waals surface area contributed by atoms with Crippen molar-refractivity contribution in [2.24, 2.45) is 0 Å². The molecule has 2 nitrogen and oxygen atoms in total. The third-order valence-corrected chi connectivity index (χ3v) is 7.72. The average molecular weight is 437 g/mol. The molecule has 166 valence electrons. The van der Waals surface area contributed by atoms with Crippen molar-refractivity contribution in [3.63, 3.8) is 0 Å². The number of benzene rings is 2. The number of unbranched alkanes of at least 4 members (excludes halogenated alkanes) is 1. The summed E-state index contributed by atoms with van der Waals surface area (Å²) in [6, 6.07) is 12.0. The van der Waals surface area contributed by atoms with Crippen molar-refractivity contribution in [2.75, 3.05) is 5.75 Å². The van der Waals surface area contributed by atoms with Crippen molar-refractivity contribution >= 4 is 29.9 Å². The Bertz CT molecular complexity index is 952. The van der Waals surface area contributed by atoms with E-state index in [0.717, 1.165) is 11.3 Å². The Morgan fingerprint density at radius 3 is 2.19 bits per heavy atom. The van der Waals surface area contributed by atoms with E-state index in [4.69, 9.17) is 5.11 Å². The van der Waals surface area contributed by atoms with Crippen molar-refractivity contribution in [3.05, 3.63) is 69.8 Å². The summed E-state index contributed by atoms with van der Waals surface area (Å²) in [6.45, 7) is 11.8. The summed E-state index contributed by atoms with van der Waals surface area (Å²) in [5.41, 5.74) is 7.42. The Balaban J connectivity index is 1.98. The van der Waals surface area contributed by atoms with Crippen LogP contribution in [0.25, 0.3) is 12.2 Å². The highest BCUT2D eigenvalue weighted by Gasteiger charge is 2.37. The zero-order valence-corrected chi connectivity index (χ0v) is 20.4. The predicted octanol–water partition coefficient (Wildman–Crippen LogP) is 7.94. The van der Waals surface area contributed by atoms with Crippen LogP contribution in [0.3, 0.4) is 0 Å². The van der Waals surface area contributed by atoms with E-state index in [-0.39, 0.29) is 10.8 Å². The van der Waals surface area contributed by atoms with Gasteiger partial charge in [0.05, 0.1) is 5.56 Å². The molecule has 1 aliphatic carbocycles. The van der Waals surface area contributed by atoms with Crippen LogP contribution in [0.2, 0.25) is 0 Å². The molecular weight excluding hydrogens is 400 g/mol. The van der Waals surface area contributed by atoms with Gasteiger partial charge in [0.2, 0.25) is 0 Å². The van der Waals surface area contributed by atoms with Crippen LogP contribution in [0.4, 0.5) is 0 Å². The molecule has 31 heavy (non-hydrogen) atoms. The molecule has 0 aliphatic heterocycles. The second-order valence-corrected chi connectivity index (χ2v) is 11.1. The fourth-order valence-corrected chi connectivity index (χ4v) is 5.41. The molecule has 0 fully saturated rings. The molecule has 2 aromatic carbocycles. The van der Waals surface area contributed by atoms with Gasteiger partial charge >= 0.3 is 5.97 Å². The number of rotatable bonds is 8. The lowest BCUT2D eigenvalue weighted by Gasteiger charge is -2.42. The van der Waals surface area contributed by atoms with Gasteiger partial charge in [0.25, 0.3) is 0 Å². The third-order valence-electron chi connectivity index (χ3n) is 6.63. The van der Waals surface area contributed by atoms with Crippen LogP contribution in [0, 0.1) is 0 Å². The molecule has 0 bridgehead atoms. The first-order valence-corrected chi connectivity index (χ1v) is 12.6. The number of hydrogen-bond donors (Lipinski definition) is 1. The number of fused-ring (bicyclic) bond motifs is 1. The summed E-state index contributed by atoms with van der Waals surface area (Å²) in [7, 11) is 0. The fourth-order valence-electron chi connectivity index (χ4n) is 4.31. The highest BCUT2D eigenvalue weighted by molar-refractivity contribution is 7.98. The Hall–Kier alpha value is -2.00. The topological polar surface area (TPSA) is 37.3 Å². The Labute approximate surface area is 192 Å². The van der Waals surface area contributed by atoms with E-state index in [1.54, 1.807) is 12.1 Å². The number of hydrogen-bond acceptors (Lipinski definition) is 2. The summed E-state index contributed by atoms with van der Waals surface area (Å²) in [4.78, 5) is 11.1. The summed E-state index contributed by atoms with van der Waals surface area (Å²) in [5, 5.41) is 9.12. The molecule has 0 saturated carbocycles.